The summed E-state index contributed by atoms with van der Waals surface area (Å²) in [4.78, 5) is 40.2. The van der Waals surface area contributed by atoms with Crippen LogP contribution in [0.1, 0.15) is 65.2 Å². The smallest absolute Gasteiger partial charge is 0.462 e. The third-order valence-corrected chi connectivity index (χ3v) is 4.22. The molecule has 0 fully saturated rings. The van der Waals surface area contributed by atoms with Gasteiger partial charge in [-0.2, -0.15) is 0 Å². The number of hydrogen-bond acceptors (Lipinski definition) is 6. The van der Waals surface area contributed by atoms with Crippen molar-refractivity contribution in [3.8, 4) is 0 Å². The zero-order chi connectivity index (χ0) is 22.7. The van der Waals surface area contributed by atoms with Gasteiger partial charge in [0.1, 0.15) is 6.61 Å². The van der Waals surface area contributed by atoms with E-state index in [1.807, 2.05) is 0 Å². The molecule has 1 atom stereocenters. The van der Waals surface area contributed by atoms with Crippen LogP contribution in [0.2, 0.25) is 0 Å². The summed E-state index contributed by atoms with van der Waals surface area (Å²) >= 11 is 0. The van der Waals surface area contributed by atoms with Crippen molar-refractivity contribution < 1.29 is 37.9 Å². The van der Waals surface area contributed by atoms with E-state index in [0.29, 0.717) is 6.42 Å². The Hall–Kier alpha value is -1.73. The maximum absolute atomic E-state index is 11.9. The molecular weight excluding hydrogens is 411 g/mol. The number of unbranched alkanes of at least 4 members (excludes halogenated alkanes) is 3. The van der Waals surface area contributed by atoms with E-state index in [9.17, 15) is 14.2 Å². The van der Waals surface area contributed by atoms with Crippen LogP contribution in [0.25, 0.3) is 0 Å². The molecule has 0 aliphatic heterocycles. The quantitative estimate of drug-likeness (QED) is 0.146. The predicted molar refractivity (Wildman–Crippen MR) is 115 cm³/mol. The van der Waals surface area contributed by atoms with Gasteiger partial charge in [-0.3, -0.25) is 14.1 Å². The summed E-state index contributed by atoms with van der Waals surface area (Å²) < 4.78 is 24.9. The molecule has 0 aromatic carbocycles. The van der Waals surface area contributed by atoms with Gasteiger partial charge in [0.2, 0.25) is 0 Å². The van der Waals surface area contributed by atoms with E-state index in [2.05, 4.69) is 47.9 Å². The summed E-state index contributed by atoms with van der Waals surface area (Å²) in [6.45, 7) is 2.41. The standard InChI is InChI=1S/C21H35O8P/c1-3-4-5-6-7-8-9-10-11-12-13-14-15-16-21(23)29-20(17-27-19(2)22)18-28-30(24,25)26/h4-5,7-8,10-11,20H,3,6,9,12-18H2,1-2H3,(H2,24,25,26)/b5-4-,8-7-,11-10-. The first-order chi connectivity index (χ1) is 14.2. The fourth-order valence-electron chi connectivity index (χ4n) is 2.29. The lowest BCUT2D eigenvalue weighted by molar-refractivity contribution is -0.160. The SMILES string of the molecule is CC/C=C\C/C=C\C/C=C\CCCCCC(=O)OC(COC(C)=O)COP(=O)(O)O. The van der Waals surface area contributed by atoms with Crippen LogP contribution in [0.4, 0.5) is 0 Å². The van der Waals surface area contributed by atoms with Crippen molar-refractivity contribution in [2.45, 2.75) is 71.3 Å². The van der Waals surface area contributed by atoms with Crippen LogP contribution < -0.4 is 0 Å². The van der Waals surface area contributed by atoms with Crippen molar-refractivity contribution in [3.05, 3.63) is 36.5 Å². The summed E-state index contributed by atoms with van der Waals surface area (Å²) in [6.07, 6.45) is 18.2. The second-order valence-electron chi connectivity index (χ2n) is 6.59. The Balaban J connectivity index is 3.95. The number of phosphoric ester groups is 1. The molecule has 9 heteroatoms. The molecule has 0 radical (unpaired) electrons. The van der Waals surface area contributed by atoms with Crippen molar-refractivity contribution in [2.24, 2.45) is 0 Å². The zero-order valence-electron chi connectivity index (χ0n) is 17.9. The summed E-state index contributed by atoms with van der Waals surface area (Å²) in [5.41, 5.74) is 0. The number of phosphoric acid groups is 1. The highest BCUT2D eigenvalue weighted by Gasteiger charge is 2.22. The molecule has 2 N–H and O–H groups in total. The normalized spacial score (nSPS) is 13.3. The van der Waals surface area contributed by atoms with Crippen molar-refractivity contribution in [3.63, 3.8) is 0 Å². The highest BCUT2D eigenvalue weighted by atomic mass is 31.2. The Morgan fingerprint density at radius 3 is 2.17 bits per heavy atom. The molecule has 0 amide bonds. The molecule has 0 saturated carbocycles. The van der Waals surface area contributed by atoms with Crippen molar-refractivity contribution in [1.29, 1.82) is 0 Å². The molecule has 8 nitrogen and oxygen atoms in total. The minimum atomic E-state index is -4.71. The second kappa shape index (κ2) is 18.1. The molecule has 0 spiro atoms. The van der Waals surface area contributed by atoms with Crippen LogP contribution >= 0.6 is 7.82 Å². The first-order valence-electron chi connectivity index (χ1n) is 10.2. The molecule has 0 bridgehead atoms. The van der Waals surface area contributed by atoms with E-state index in [0.717, 1.165) is 38.5 Å². The minimum absolute atomic E-state index is 0.171. The van der Waals surface area contributed by atoms with E-state index in [1.165, 1.54) is 6.92 Å². The molecular formula is C21H35O8P. The molecule has 0 rings (SSSR count). The Labute approximate surface area is 179 Å². The first-order valence-corrected chi connectivity index (χ1v) is 11.8. The van der Waals surface area contributed by atoms with Gasteiger partial charge in [-0.1, -0.05) is 49.8 Å². The predicted octanol–water partition coefficient (Wildman–Crippen LogP) is 4.38. The number of carbonyl (C=O) groups is 2. The van der Waals surface area contributed by atoms with Crippen LogP contribution in [0.3, 0.4) is 0 Å². The average Bonchev–Trinajstić information content (AvgIpc) is 2.66. The maximum Gasteiger partial charge on any atom is 0.469 e. The van der Waals surface area contributed by atoms with E-state index in [4.69, 9.17) is 19.3 Å². The monoisotopic (exact) mass is 446 g/mol. The molecule has 0 heterocycles. The lowest BCUT2D eigenvalue weighted by Crippen LogP contribution is -2.29. The van der Waals surface area contributed by atoms with Crippen molar-refractivity contribution >= 4 is 19.8 Å². The van der Waals surface area contributed by atoms with E-state index in [-0.39, 0.29) is 13.0 Å². The van der Waals surface area contributed by atoms with Gasteiger partial charge in [0.15, 0.2) is 6.10 Å². The minimum Gasteiger partial charge on any atom is -0.462 e. The Morgan fingerprint density at radius 2 is 1.57 bits per heavy atom. The highest BCUT2D eigenvalue weighted by molar-refractivity contribution is 7.46. The fraction of sp³-hybridized carbons (Fsp3) is 0.619. The van der Waals surface area contributed by atoms with E-state index < -0.39 is 32.5 Å². The Morgan fingerprint density at radius 1 is 0.933 bits per heavy atom. The largest absolute Gasteiger partial charge is 0.469 e. The summed E-state index contributed by atoms with van der Waals surface area (Å²) in [5.74, 6) is -1.12. The van der Waals surface area contributed by atoms with Crippen LogP contribution in [0, 0.1) is 0 Å². The topological polar surface area (TPSA) is 119 Å². The number of allylic oxidation sites excluding steroid dienone is 6. The molecule has 0 aromatic heterocycles. The van der Waals surface area contributed by atoms with Gasteiger partial charge in [0, 0.05) is 13.3 Å². The van der Waals surface area contributed by atoms with Crippen LogP contribution in [-0.4, -0.2) is 41.0 Å². The van der Waals surface area contributed by atoms with Gasteiger partial charge < -0.3 is 19.3 Å². The maximum atomic E-state index is 11.9. The lowest BCUT2D eigenvalue weighted by atomic mass is 10.1. The van der Waals surface area contributed by atoms with Gasteiger partial charge in [0.05, 0.1) is 6.61 Å². The molecule has 0 aliphatic rings. The lowest BCUT2D eigenvalue weighted by Gasteiger charge is -2.18. The average molecular weight is 446 g/mol. The number of esters is 2. The number of ether oxygens (including phenoxy) is 2. The van der Waals surface area contributed by atoms with Gasteiger partial charge in [-0.25, -0.2) is 4.57 Å². The Kier molecular flexibility index (Phi) is 17.0. The summed E-state index contributed by atoms with van der Waals surface area (Å²) in [6, 6.07) is 0. The summed E-state index contributed by atoms with van der Waals surface area (Å²) in [7, 11) is -4.71. The van der Waals surface area contributed by atoms with Crippen LogP contribution in [0.15, 0.2) is 36.5 Å². The van der Waals surface area contributed by atoms with E-state index >= 15 is 0 Å². The summed E-state index contributed by atoms with van der Waals surface area (Å²) in [5, 5.41) is 0. The molecule has 0 aromatic rings. The first kappa shape index (κ1) is 28.3. The van der Waals surface area contributed by atoms with Crippen molar-refractivity contribution in [1.82, 2.24) is 0 Å². The Bertz CT molecular complexity index is 606. The third kappa shape index (κ3) is 21.0. The van der Waals surface area contributed by atoms with Gasteiger partial charge >= 0.3 is 19.8 Å². The molecule has 30 heavy (non-hydrogen) atoms. The molecule has 172 valence electrons. The van der Waals surface area contributed by atoms with Gasteiger partial charge in [-0.05, 0) is 38.5 Å². The van der Waals surface area contributed by atoms with Gasteiger partial charge in [-0.15, -0.1) is 0 Å². The van der Waals surface area contributed by atoms with E-state index in [1.54, 1.807) is 0 Å². The number of carbonyl (C=O) groups excluding carboxylic acids is 2. The van der Waals surface area contributed by atoms with Gasteiger partial charge in [0.25, 0.3) is 0 Å². The molecule has 0 aliphatic carbocycles. The highest BCUT2D eigenvalue weighted by Crippen LogP contribution is 2.35. The fourth-order valence-corrected chi connectivity index (χ4v) is 2.65. The van der Waals surface area contributed by atoms with Crippen molar-refractivity contribution in [2.75, 3.05) is 13.2 Å². The second-order valence-corrected chi connectivity index (χ2v) is 7.83. The third-order valence-electron chi connectivity index (χ3n) is 3.73. The zero-order valence-corrected chi connectivity index (χ0v) is 18.8. The molecule has 0 saturated heterocycles. The number of rotatable bonds is 17. The van der Waals surface area contributed by atoms with Crippen LogP contribution in [-0.2, 0) is 28.2 Å². The number of hydrogen-bond donors (Lipinski definition) is 2. The molecule has 1 unspecified atom stereocenters. The van der Waals surface area contributed by atoms with Crippen LogP contribution in [0.5, 0.6) is 0 Å².